The highest BCUT2D eigenvalue weighted by molar-refractivity contribution is 5.88. The van der Waals surface area contributed by atoms with E-state index in [4.69, 9.17) is 9.15 Å². The summed E-state index contributed by atoms with van der Waals surface area (Å²) >= 11 is 0. The van der Waals surface area contributed by atoms with E-state index in [1.807, 2.05) is 24.3 Å². The van der Waals surface area contributed by atoms with Crippen molar-refractivity contribution in [3.05, 3.63) is 75.8 Å². The second-order valence-corrected chi connectivity index (χ2v) is 8.83. The number of fused-ring (bicyclic) bond motifs is 1. The molecule has 0 aliphatic carbocycles. The number of phenols is 1. The molecule has 0 atom stereocenters. The van der Waals surface area contributed by atoms with Gasteiger partial charge in [0.15, 0.2) is 17.1 Å². The van der Waals surface area contributed by atoms with Crippen LogP contribution >= 0.6 is 0 Å². The van der Waals surface area contributed by atoms with E-state index in [0.29, 0.717) is 11.6 Å². The zero-order chi connectivity index (χ0) is 24.5. The number of hydrogen-bond acceptors (Lipinski definition) is 7. The molecule has 0 radical (unpaired) electrons. The summed E-state index contributed by atoms with van der Waals surface area (Å²) in [6.07, 6.45) is 1.37. The van der Waals surface area contributed by atoms with Crippen molar-refractivity contribution in [2.45, 2.75) is 33.1 Å². The molecule has 0 bridgehead atoms. The van der Waals surface area contributed by atoms with Gasteiger partial charge in [0.25, 0.3) is 5.69 Å². The Bertz CT molecular complexity index is 1380. The summed E-state index contributed by atoms with van der Waals surface area (Å²) in [6, 6.07) is 15.7. The van der Waals surface area contributed by atoms with Gasteiger partial charge in [-0.05, 0) is 54.3 Å². The van der Waals surface area contributed by atoms with E-state index in [-0.39, 0.29) is 34.8 Å². The number of benzene rings is 3. The van der Waals surface area contributed by atoms with E-state index in [1.165, 1.54) is 23.9 Å². The van der Waals surface area contributed by atoms with Crippen LogP contribution in [0.3, 0.4) is 0 Å². The Morgan fingerprint density at radius 2 is 1.88 bits per heavy atom. The SMILES string of the molecule is CCOc1cc([N+](=O)[O-])cc(C=Nc2ccc(-c3nc4cc(C(C)(C)C)ccc4o3)cc2)c1O. The molecule has 1 heterocycles. The number of aromatic nitrogens is 1. The van der Waals surface area contributed by atoms with Crippen LogP contribution in [0, 0.1) is 10.1 Å². The molecule has 34 heavy (non-hydrogen) atoms. The van der Waals surface area contributed by atoms with Gasteiger partial charge >= 0.3 is 0 Å². The van der Waals surface area contributed by atoms with Gasteiger partial charge in [0, 0.05) is 23.4 Å². The van der Waals surface area contributed by atoms with Crippen molar-refractivity contribution >= 4 is 28.7 Å². The zero-order valence-corrected chi connectivity index (χ0v) is 19.4. The first-order valence-electron chi connectivity index (χ1n) is 10.9. The van der Waals surface area contributed by atoms with Crippen molar-refractivity contribution < 1.29 is 19.2 Å². The number of nitrogens with zero attached hydrogens (tertiary/aromatic N) is 3. The van der Waals surface area contributed by atoms with Gasteiger partial charge in [-0.1, -0.05) is 26.8 Å². The first kappa shape index (κ1) is 23.0. The first-order valence-corrected chi connectivity index (χ1v) is 10.9. The van der Waals surface area contributed by atoms with Gasteiger partial charge in [-0.3, -0.25) is 15.1 Å². The van der Waals surface area contributed by atoms with E-state index in [0.717, 1.165) is 16.7 Å². The number of nitro groups is 1. The number of ether oxygens (including phenoxy) is 1. The number of aromatic hydroxyl groups is 1. The molecular weight excluding hydrogens is 434 g/mol. The fourth-order valence-corrected chi connectivity index (χ4v) is 3.44. The van der Waals surface area contributed by atoms with Crippen LogP contribution < -0.4 is 4.74 Å². The molecular formula is C26H25N3O5. The smallest absolute Gasteiger partial charge is 0.274 e. The van der Waals surface area contributed by atoms with E-state index in [9.17, 15) is 15.2 Å². The maximum Gasteiger partial charge on any atom is 0.274 e. The van der Waals surface area contributed by atoms with Crippen molar-refractivity contribution in [2.24, 2.45) is 4.99 Å². The topological polar surface area (TPSA) is 111 Å². The Hall–Kier alpha value is -4.20. The molecule has 4 aromatic rings. The van der Waals surface area contributed by atoms with Crippen LogP contribution in [0.15, 0.2) is 64.0 Å². The molecule has 0 amide bonds. The summed E-state index contributed by atoms with van der Waals surface area (Å²) < 4.78 is 11.2. The average molecular weight is 460 g/mol. The third-order valence-electron chi connectivity index (χ3n) is 5.32. The Balaban J connectivity index is 1.59. The Labute approximate surface area is 196 Å². The molecule has 174 valence electrons. The first-order chi connectivity index (χ1) is 16.2. The molecule has 1 aromatic heterocycles. The highest BCUT2D eigenvalue weighted by atomic mass is 16.6. The van der Waals surface area contributed by atoms with Crippen molar-refractivity contribution in [3.63, 3.8) is 0 Å². The van der Waals surface area contributed by atoms with Gasteiger partial charge in [0.05, 0.1) is 23.3 Å². The highest BCUT2D eigenvalue weighted by Crippen LogP contribution is 2.34. The lowest BCUT2D eigenvalue weighted by molar-refractivity contribution is -0.385. The van der Waals surface area contributed by atoms with Gasteiger partial charge in [-0.2, -0.15) is 0 Å². The summed E-state index contributed by atoms with van der Waals surface area (Å²) in [5, 5.41) is 21.6. The van der Waals surface area contributed by atoms with Crippen LogP contribution in [0.2, 0.25) is 0 Å². The van der Waals surface area contributed by atoms with Gasteiger partial charge in [0.2, 0.25) is 5.89 Å². The van der Waals surface area contributed by atoms with E-state index >= 15 is 0 Å². The second kappa shape index (κ2) is 8.97. The van der Waals surface area contributed by atoms with Gasteiger partial charge in [0.1, 0.15) is 5.52 Å². The monoisotopic (exact) mass is 459 g/mol. The number of phenolic OH excluding ortho intramolecular Hbond substituents is 1. The Morgan fingerprint density at radius 3 is 2.53 bits per heavy atom. The summed E-state index contributed by atoms with van der Waals surface area (Å²) in [4.78, 5) is 19.6. The van der Waals surface area contributed by atoms with Crippen LogP contribution in [0.4, 0.5) is 11.4 Å². The van der Waals surface area contributed by atoms with Crippen molar-refractivity contribution in [3.8, 4) is 23.0 Å². The Kier molecular flexibility index (Phi) is 6.06. The van der Waals surface area contributed by atoms with Crippen LogP contribution in [-0.2, 0) is 5.41 Å². The number of aliphatic imine (C=N–C) groups is 1. The van der Waals surface area contributed by atoms with Crippen LogP contribution in [-0.4, -0.2) is 27.8 Å². The fourth-order valence-electron chi connectivity index (χ4n) is 3.44. The summed E-state index contributed by atoms with van der Waals surface area (Å²) in [6.45, 7) is 8.45. The molecule has 0 saturated carbocycles. The molecule has 0 saturated heterocycles. The fraction of sp³-hybridized carbons (Fsp3) is 0.231. The molecule has 4 rings (SSSR count). The molecule has 0 aliphatic heterocycles. The quantitative estimate of drug-likeness (QED) is 0.199. The summed E-state index contributed by atoms with van der Waals surface area (Å²) in [5.74, 6) is 0.349. The second-order valence-electron chi connectivity index (χ2n) is 8.83. The average Bonchev–Trinajstić information content (AvgIpc) is 3.23. The lowest BCUT2D eigenvalue weighted by Crippen LogP contribution is -2.10. The third kappa shape index (κ3) is 4.76. The molecule has 1 N–H and O–H groups in total. The standard InChI is InChI=1S/C26H25N3O5/c1-5-33-23-14-20(29(31)32)12-17(24(23)30)15-27-19-9-6-16(7-10-19)25-28-21-13-18(26(2,3)4)8-11-22(21)34-25/h6-15,30H,5H2,1-4H3. The molecule has 0 unspecified atom stereocenters. The normalized spacial score (nSPS) is 11.9. The Morgan fingerprint density at radius 1 is 1.15 bits per heavy atom. The van der Waals surface area contributed by atoms with Gasteiger partial charge < -0.3 is 14.3 Å². The van der Waals surface area contributed by atoms with Gasteiger partial charge in [-0.15, -0.1) is 0 Å². The molecule has 0 aliphatic rings. The highest BCUT2D eigenvalue weighted by Gasteiger charge is 2.17. The number of non-ortho nitro benzene ring substituents is 1. The maximum atomic E-state index is 11.2. The van der Waals surface area contributed by atoms with Crippen LogP contribution in [0.5, 0.6) is 11.5 Å². The van der Waals surface area contributed by atoms with Crippen LogP contribution in [0.25, 0.3) is 22.6 Å². The largest absolute Gasteiger partial charge is 0.504 e. The predicted molar refractivity (Wildman–Crippen MR) is 131 cm³/mol. The number of nitro benzene ring substituents is 1. The van der Waals surface area contributed by atoms with Crippen molar-refractivity contribution in [2.75, 3.05) is 6.61 Å². The number of rotatable bonds is 6. The molecule has 3 aromatic carbocycles. The van der Waals surface area contributed by atoms with Crippen molar-refractivity contribution in [1.82, 2.24) is 4.98 Å². The van der Waals surface area contributed by atoms with Gasteiger partial charge in [-0.25, -0.2) is 4.98 Å². The lowest BCUT2D eigenvalue weighted by Gasteiger charge is -2.18. The summed E-state index contributed by atoms with van der Waals surface area (Å²) in [7, 11) is 0. The van der Waals surface area contributed by atoms with Crippen molar-refractivity contribution in [1.29, 1.82) is 0 Å². The minimum Gasteiger partial charge on any atom is -0.504 e. The lowest BCUT2D eigenvalue weighted by atomic mass is 9.87. The predicted octanol–water partition coefficient (Wildman–Crippen LogP) is 6.56. The van der Waals surface area contributed by atoms with E-state index < -0.39 is 4.92 Å². The molecule has 0 fully saturated rings. The minimum atomic E-state index is -0.543. The number of oxazole rings is 1. The molecule has 0 spiro atoms. The molecule has 8 heteroatoms. The maximum absolute atomic E-state index is 11.2. The number of hydrogen-bond donors (Lipinski definition) is 1. The zero-order valence-electron chi connectivity index (χ0n) is 19.4. The van der Waals surface area contributed by atoms with Crippen LogP contribution in [0.1, 0.15) is 38.8 Å². The molecule has 8 nitrogen and oxygen atoms in total. The van der Waals surface area contributed by atoms with E-state index in [2.05, 4.69) is 36.8 Å². The summed E-state index contributed by atoms with van der Waals surface area (Å²) in [5.41, 5.74) is 4.11. The van der Waals surface area contributed by atoms with E-state index in [1.54, 1.807) is 19.1 Å². The third-order valence-corrected chi connectivity index (χ3v) is 5.32. The minimum absolute atomic E-state index is 0.0179.